The van der Waals surface area contributed by atoms with Crippen molar-refractivity contribution >= 4 is 43.6 Å². The first-order valence-corrected chi connectivity index (χ1v) is 22.9. The molecule has 0 saturated carbocycles. The maximum atomic E-state index is 5.31. The van der Waals surface area contributed by atoms with Crippen LogP contribution in [-0.4, -0.2) is 39.0 Å². The summed E-state index contributed by atoms with van der Waals surface area (Å²) < 4.78 is 4.45. The Bertz CT molecular complexity index is 3890. The van der Waals surface area contributed by atoms with Gasteiger partial charge in [0.25, 0.3) is 0 Å². The predicted molar refractivity (Wildman–Crippen MR) is 275 cm³/mol. The van der Waals surface area contributed by atoms with Gasteiger partial charge >= 0.3 is 0 Å². The fraction of sp³-hybridized carbons (Fsp3) is 0.0333. The summed E-state index contributed by atoms with van der Waals surface area (Å²) in [6, 6.07) is 69.5. The van der Waals surface area contributed by atoms with Crippen molar-refractivity contribution in [3.05, 3.63) is 230 Å². The van der Waals surface area contributed by atoms with E-state index in [9.17, 15) is 0 Å². The zero-order chi connectivity index (χ0) is 45.0. The molecule has 320 valence electrons. The lowest BCUT2D eigenvalue weighted by atomic mass is 9.96. The van der Waals surface area contributed by atoms with Crippen molar-refractivity contribution in [1.29, 1.82) is 0 Å². The zero-order valence-corrected chi connectivity index (χ0v) is 36.7. The van der Waals surface area contributed by atoms with Crippen LogP contribution in [0.3, 0.4) is 0 Å². The number of aromatic nitrogens is 8. The van der Waals surface area contributed by atoms with Gasteiger partial charge in [-0.3, -0.25) is 9.13 Å². The molecular weight excluding hydrogens is 833 g/mol. The van der Waals surface area contributed by atoms with E-state index in [1.54, 1.807) is 0 Å². The lowest BCUT2D eigenvalue weighted by Gasteiger charge is -2.16. The minimum atomic E-state index is 0.0270. The molecule has 0 bridgehead atoms. The number of benzene rings is 8. The fourth-order valence-corrected chi connectivity index (χ4v) is 9.81. The minimum Gasteiger partial charge on any atom is -0.277 e. The van der Waals surface area contributed by atoms with Gasteiger partial charge in [0.05, 0.1) is 22.1 Å². The Hall–Kier alpha value is -9.14. The van der Waals surface area contributed by atoms with Crippen molar-refractivity contribution in [3.63, 3.8) is 0 Å². The Morgan fingerprint density at radius 1 is 0.353 bits per heavy atom. The molecule has 0 aliphatic heterocycles. The number of allylic oxidation sites excluding steroid dienone is 4. The van der Waals surface area contributed by atoms with Gasteiger partial charge in [-0.05, 0) is 35.7 Å². The van der Waals surface area contributed by atoms with Crippen LogP contribution in [0.15, 0.2) is 224 Å². The Morgan fingerprint density at radius 2 is 0.779 bits per heavy atom. The first kappa shape index (κ1) is 39.2. The van der Waals surface area contributed by atoms with E-state index in [1.165, 1.54) is 0 Å². The van der Waals surface area contributed by atoms with Crippen LogP contribution in [0, 0.1) is 0 Å². The van der Waals surface area contributed by atoms with Crippen LogP contribution >= 0.6 is 0 Å². The highest BCUT2D eigenvalue weighted by molar-refractivity contribution is 6.15. The van der Waals surface area contributed by atoms with Gasteiger partial charge in [0.1, 0.15) is 5.82 Å². The highest BCUT2D eigenvalue weighted by Crippen LogP contribution is 2.42. The molecule has 0 spiro atoms. The Labute approximate surface area is 392 Å². The van der Waals surface area contributed by atoms with Crippen LogP contribution in [-0.2, 0) is 0 Å². The second kappa shape index (κ2) is 16.4. The quantitative estimate of drug-likeness (QED) is 0.151. The van der Waals surface area contributed by atoms with Crippen molar-refractivity contribution in [2.24, 2.45) is 0 Å². The number of para-hydroxylation sites is 4. The molecule has 1 unspecified atom stereocenters. The molecule has 1 aliphatic carbocycles. The monoisotopic (exact) mass is 872 g/mol. The van der Waals surface area contributed by atoms with Crippen molar-refractivity contribution in [1.82, 2.24) is 39.0 Å². The van der Waals surface area contributed by atoms with E-state index in [-0.39, 0.29) is 5.92 Å². The van der Waals surface area contributed by atoms with E-state index in [4.69, 9.17) is 29.9 Å². The van der Waals surface area contributed by atoms with Crippen molar-refractivity contribution in [2.45, 2.75) is 12.3 Å². The highest BCUT2D eigenvalue weighted by atomic mass is 15.2. The second-order valence-electron chi connectivity index (χ2n) is 17.0. The maximum Gasteiger partial charge on any atom is 0.238 e. The van der Waals surface area contributed by atoms with Gasteiger partial charge in [0.15, 0.2) is 17.5 Å². The molecule has 68 heavy (non-hydrogen) atoms. The molecule has 0 amide bonds. The predicted octanol–water partition coefficient (Wildman–Crippen LogP) is 14.2. The Morgan fingerprint density at radius 3 is 1.28 bits per heavy atom. The molecule has 1 atom stereocenters. The normalized spacial score (nSPS) is 13.6. The van der Waals surface area contributed by atoms with Gasteiger partial charge in [-0.25, -0.2) is 9.97 Å². The number of hydrogen-bond acceptors (Lipinski definition) is 6. The van der Waals surface area contributed by atoms with Crippen molar-refractivity contribution in [3.8, 4) is 68.3 Å². The van der Waals surface area contributed by atoms with Gasteiger partial charge in [-0.2, -0.15) is 19.9 Å². The zero-order valence-electron chi connectivity index (χ0n) is 36.7. The summed E-state index contributed by atoms with van der Waals surface area (Å²) in [4.78, 5) is 31.2. The third-order valence-corrected chi connectivity index (χ3v) is 12.9. The maximum absolute atomic E-state index is 5.31. The average molecular weight is 873 g/mol. The first-order valence-electron chi connectivity index (χ1n) is 22.9. The summed E-state index contributed by atoms with van der Waals surface area (Å²) in [5.74, 6) is 3.77. The molecule has 0 radical (unpaired) electrons. The highest BCUT2D eigenvalue weighted by Gasteiger charge is 2.24. The molecule has 0 N–H and O–H groups in total. The van der Waals surface area contributed by atoms with Gasteiger partial charge in [0, 0.05) is 55.3 Å². The SMILES string of the molecule is C1=CCC(c2nc(-c3ccccc3)nc(-n3c4ccccc4c4cccc(-c5cccc(-c6cccc7c8ccccc8n(-c8nc(-c9ccccc9)nc(-c9ccccc9)n8)c67)c5)c43)n2)C=C1. The number of nitrogens with zero attached hydrogens (tertiary/aromatic N) is 8. The molecule has 12 aromatic rings. The van der Waals surface area contributed by atoms with E-state index in [1.807, 2.05) is 78.9 Å². The van der Waals surface area contributed by atoms with E-state index < -0.39 is 0 Å². The summed E-state index contributed by atoms with van der Waals surface area (Å²) in [5, 5.41) is 4.47. The van der Waals surface area contributed by atoms with E-state index in [2.05, 4.69) is 155 Å². The van der Waals surface area contributed by atoms with E-state index in [0.717, 1.165) is 94.8 Å². The third-order valence-electron chi connectivity index (χ3n) is 12.9. The molecule has 4 aromatic heterocycles. The number of hydrogen-bond donors (Lipinski definition) is 0. The van der Waals surface area contributed by atoms with Crippen LogP contribution in [0.5, 0.6) is 0 Å². The molecule has 8 aromatic carbocycles. The molecule has 4 heterocycles. The van der Waals surface area contributed by atoms with Gasteiger partial charge in [-0.1, -0.05) is 206 Å². The summed E-state index contributed by atoms with van der Waals surface area (Å²) in [6.07, 6.45) is 9.35. The van der Waals surface area contributed by atoms with Gasteiger partial charge < -0.3 is 0 Å². The molecule has 1 aliphatic rings. The Balaban J connectivity index is 1.03. The average Bonchev–Trinajstić information content (AvgIpc) is 3.95. The topological polar surface area (TPSA) is 87.2 Å². The summed E-state index contributed by atoms with van der Waals surface area (Å²) in [6.45, 7) is 0. The molecule has 0 saturated heterocycles. The summed E-state index contributed by atoms with van der Waals surface area (Å²) in [5.41, 5.74) is 11.1. The largest absolute Gasteiger partial charge is 0.277 e. The number of fused-ring (bicyclic) bond motifs is 6. The van der Waals surface area contributed by atoms with Crippen molar-refractivity contribution in [2.75, 3.05) is 0 Å². The molecule has 8 heteroatoms. The molecular formula is C60H40N8. The van der Waals surface area contributed by atoms with Crippen LogP contribution in [0.4, 0.5) is 0 Å². The fourth-order valence-electron chi connectivity index (χ4n) is 9.81. The number of rotatable bonds is 8. The summed E-state index contributed by atoms with van der Waals surface area (Å²) in [7, 11) is 0. The smallest absolute Gasteiger partial charge is 0.238 e. The molecule has 13 rings (SSSR count). The van der Waals surface area contributed by atoms with Crippen LogP contribution in [0.25, 0.3) is 112 Å². The van der Waals surface area contributed by atoms with E-state index >= 15 is 0 Å². The van der Waals surface area contributed by atoms with Gasteiger partial charge in [-0.15, -0.1) is 0 Å². The first-order chi connectivity index (χ1) is 33.7. The molecule has 8 nitrogen and oxygen atoms in total. The molecule has 0 fully saturated rings. The second-order valence-corrected chi connectivity index (χ2v) is 17.0. The van der Waals surface area contributed by atoms with Crippen LogP contribution in [0.2, 0.25) is 0 Å². The van der Waals surface area contributed by atoms with E-state index in [0.29, 0.717) is 29.4 Å². The lowest BCUT2D eigenvalue weighted by molar-refractivity contribution is 0.750. The van der Waals surface area contributed by atoms with Crippen LogP contribution in [0.1, 0.15) is 18.2 Å². The van der Waals surface area contributed by atoms with Crippen LogP contribution < -0.4 is 0 Å². The van der Waals surface area contributed by atoms with Crippen molar-refractivity contribution < 1.29 is 0 Å². The summed E-state index contributed by atoms with van der Waals surface area (Å²) >= 11 is 0. The minimum absolute atomic E-state index is 0.0270. The lowest BCUT2D eigenvalue weighted by Crippen LogP contribution is -2.11. The van der Waals surface area contributed by atoms with Gasteiger partial charge in [0.2, 0.25) is 11.9 Å². The Kier molecular flexibility index (Phi) is 9.45. The standard InChI is InChI=1S/C60H40N8/c1-5-20-39(21-6-1)55-61-56(40-22-7-2-8-23-40)64-59(63-55)67-51-36-15-13-30-47(51)49-34-18-32-45(53(49)67)43-28-17-29-44(38-43)46-33-19-35-50-48-31-14-16-37-52(48)68(54(46)50)60-65-57(41-24-9-3-10-25-41)62-58(66-60)42-26-11-4-12-27-42/h1-26,28-38,42H,27H2. The third kappa shape index (κ3) is 6.69.